The number of amides is 1. The normalized spacial score (nSPS) is 17.8. The Bertz CT molecular complexity index is 1580. The van der Waals surface area contributed by atoms with Crippen LogP contribution in [-0.2, 0) is 16.6 Å². The van der Waals surface area contributed by atoms with Gasteiger partial charge in [0.2, 0.25) is 12.3 Å². The Kier molecular flexibility index (Phi) is 9.47. The van der Waals surface area contributed by atoms with Crippen molar-refractivity contribution < 1.29 is 31.1 Å². The van der Waals surface area contributed by atoms with E-state index in [1.807, 2.05) is 4.72 Å². The van der Waals surface area contributed by atoms with Crippen LogP contribution >= 0.6 is 11.6 Å². The van der Waals surface area contributed by atoms with E-state index in [2.05, 4.69) is 34.3 Å². The number of nitrogens with zero attached hydrogens (tertiary/aromatic N) is 5. The highest BCUT2D eigenvalue weighted by atomic mass is 35.5. The van der Waals surface area contributed by atoms with E-state index in [0.29, 0.717) is 12.5 Å². The first-order valence-corrected chi connectivity index (χ1v) is 15.5. The van der Waals surface area contributed by atoms with Gasteiger partial charge in [-0.05, 0) is 78.5 Å². The highest BCUT2D eigenvalue weighted by Gasteiger charge is 2.41. The summed E-state index contributed by atoms with van der Waals surface area (Å²) in [6, 6.07) is 3.81. The first kappa shape index (κ1) is 32.7. The van der Waals surface area contributed by atoms with Crippen LogP contribution in [0, 0.1) is 18.3 Å². The second-order valence-corrected chi connectivity index (χ2v) is 13.9. The molecule has 0 spiro atoms. The average molecular weight is 646 g/mol. The van der Waals surface area contributed by atoms with Gasteiger partial charge in [-0.1, -0.05) is 11.6 Å². The molecule has 0 bridgehead atoms. The van der Waals surface area contributed by atoms with Gasteiger partial charge in [-0.2, -0.15) is 5.10 Å². The van der Waals surface area contributed by atoms with Gasteiger partial charge in [0.05, 0.1) is 16.7 Å². The number of rotatable bonds is 12. The van der Waals surface area contributed by atoms with Crippen molar-refractivity contribution in [1.29, 1.82) is 0 Å². The van der Waals surface area contributed by atoms with Crippen LogP contribution in [0.4, 0.5) is 13.2 Å². The number of aryl methyl sites for hydroxylation is 2. The van der Waals surface area contributed by atoms with Gasteiger partial charge in [-0.25, -0.2) is 36.0 Å². The highest BCUT2D eigenvalue weighted by Crippen LogP contribution is 2.32. The summed E-state index contributed by atoms with van der Waals surface area (Å²) < 4.78 is 76.1. The lowest BCUT2D eigenvalue weighted by atomic mass is 9.94. The van der Waals surface area contributed by atoms with Crippen molar-refractivity contribution in [1.82, 2.24) is 34.6 Å². The zero-order valence-electron chi connectivity index (χ0n) is 24.4. The predicted octanol–water partition coefficient (Wildman–Crippen LogP) is 4.68. The summed E-state index contributed by atoms with van der Waals surface area (Å²) in [7, 11) is -4.28. The van der Waals surface area contributed by atoms with Gasteiger partial charge in [-0.15, -0.1) is 5.10 Å². The minimum absolute atomic E-state index is 0.0804. The number of hydrogen-bond donors (Lipinski definition) is 2. The lowest BCUT2D eigenvalue weighted by Gasteiger charge is -2.26. The lowest BCUT2D eigenvalue weighted by Crippen LogP contribution is -2.37. The van der Waals surface area contributed by atoms with Crippen molar-refractivity contribution in [2.45, 2.75) is 83.6 Å². The molecule has 16 heteroatoms. The van der Waals surface area contributed by atoms with Crippen molar-refractivity contribution in [3.8, 4) is 11.7 Å². The molecule has 2 atom stereocenters. The fourth-order valence-corrected chi connectivity index (χ4v) is 6.11. The second kappa shape index (κ2) is 12.4. The average Bonchev–Trinajstić information content (AvgIpc) is 3.62. The third-order valence-corrected chi connectivity index (χ3v) is 9.06. The Labute approximate surface area is 253 Å². The molecule has 3 aromatic rings. The number of hydrogen-bond acceptors (Lipinski definition) is 8. The van der Waals surface area contributed by atoms with E-state index in [9.17, 15) is 26.4 Å². The van der Waals surface area contributed by atoms with Crippen LogP contribution < -0.4 is 14.8 Å². The molecule has 0 aliphatic carbocycles. The number of halogens is 4. The predicted molar refractivity (Wildman–Crippen MR) is 153 cm³/mol. The maximum absolute atomic E-state index is 14.3. The molecule has 0 saturated carbocycles. The first-order valence-electron chi connectivity index (χ1n) is 13.7. The van der Waals surface area contributed by atoms with Gasteiger partial charge < -0.3 is 10.1 Å². The maximum atomic E-state index is 14.3. The summed E-state index contributed by atoms with van der Waals surface area (Å²) in [5, 5.41) is 11.4. The van der Waals surface area contributed by atoms with E-state index < -0.39 is 34.1 Å². The monoisotopic (exact) mass is 645 g/mol. The molecule has 43 heavy (non-hydrogen) atoms. The van der Waals surface area contributed by atoms with Crippen molar-refractivity contribution in [3.63, 3.8) is 0 Å². The Morgan fingerprint density at radius 3 is 2.60 bits per heavy atom. The molecule has 1 saturated heterocycles. The van der Waals surface area contributed by atoms with Gasteiger partial charge in [0, 0.05) is 30.5 Å². The number of carbonyl (C=O) groups is 1. The largest absolute Gasteiger partial charge is 0.441 e. The van der Waals surface area contributed by atoms with E-state index >= 15 is 0 Å². The van der Waals surface area contributed by atoms with E-state index in [-0.39, 0.29) is 38.5 Å². The number of ether oxygens (including phenoxy) is 1. The van der Waals surface area contributed by atoms with Crippen LogP contribution in [0.1, 0.15) is 63.0 Å². The molecule has 3 aromatic heterocycles. The topological polar surface area (TPSA) is 133 Å². The van der Waals surface area contributed by atoms with Crippen LogP contribution in [0.3, 0.4) is 0 Å². The number of aromatic nitrogens is 5. The summed E-state index contributed by atoms with van der Waals surface area (Å²) in [6.45, 7) is 9.42. The molecule has 2 unspecified atom stereocenters. The van der Waals surface area contributed by atoms with Crippen LogP contribution in [0.5, 0.6) is 5.88 Å². The van der Waals surface area contributed by atoms with E-state index in [1.54, 1.807) is 11.6 Å². The van der Waals surface area contributed by atoms with Crippen molar-refractivity contribution in [2.75, 3.05) is 6.54 Å². The number of pyridine rings is 1. The second-order valence-electron chi connectivity index (χ2n) is 11.9. The first-order chi connectivity index (χ1) is 20.0. The molecular weight excluding hydrogens is 611 g/mol. The minimum atomic E-state index is -4.28. The summed E-state index contributed by atoms with van der Waals surface area (Å²) in [4.78, 5) is 16.8. The highest BCUT2D eigenvalue weighted by molar-refractivity contribution is 7.90. The molecule has 0 aromatic carbocycles. The summed E-state index contributed by atoms with van der Waals surface area (Å²) in [6.07, 6.45) is 0.306. The Hall–Kier alpha value is -3.17. The molecular formula is C27H35ClF3N7O4S. The molecule has 11 nitrogen and oxygen atoms in total. The fourth-order valence-electron chi connectivity index (χ4n) is 4.72. The van der Waals surface area contributed by atoms with Gasteiger partial charge in [0.15, 0.2) is 5.82 Å². The van der Waals surface area contributed by atoms with Gasteiger partial charge in [-0.3, -0.25) is 9.48 Å². The lowest BCUT2D eigenvalue weighted by molar-refractivity contribution is -0.115. The Morgan fingerprint density at radius 2 is 1.98 bits per heavy atom. The van der Waals surface area contributed by atoms with Gasteiger partial charge >= 0.3 is 0 Å². The Balaban J connectivity index is 1.39. The fraction of sp³-hybridized carbons (Fsp3) is 0.556. The number of nitrogens with one attached hydrogen (secondary N) is 2. The SMILES string of the molecule is Cc1nn(CCCC2CNC(C)(C)C2)cc1S(=O)(=O)NC(=O)c1ccc(-n2ccc(OC(F)C(C)(C)C(F)F)n2)nc1Cl. The molecule has 2 N–H and O–H groups in total. The number of sulfonamides is 1. The van der Waals surface area contributed by atoms with Crippen LogP contribution in [0.15, 0.2) is 35.5 Å². The molecule has 236 valence electrons. The molecule has 1 amide bonds. The number of carbonyl (C=O) groups excluding carboxylic acids is 1. The quantitative estimate of drug-likeness (QED) is 0.272. The zero-order chi connectivity index (χ0) is 31.7. The zero-order valence-corrected chi connectivity index (χ0v) is 26.0. The van der Waals surface area contributed by atoms with Crippen LogP contribution in [-0.4, -0.2) is 63.7 Å². The van der Waals surface area contributed by atoms with E-state index in [0.717, 1.165) is 44.3 Å². The van der Waals surface area contributed by atoms with Gasteiger partial charge in [0.1, 0.15) is 10.0 Å². The van der Waals surface area contributed by atoms with Gasteiger partial charge in [0.25, 0.3) is 22.3 Å². The minimum Gasteiger partial charge on any atom is -0.441 e. The van der Waals surface area contributed by atoms with Crippen LogP contribution in [0.2, 0.25) is 5.15 Å². The Morgan fingerprint density at radius 1 is 1.26 bits per heavy atom. The van der Waals surface area contributed by atoms with E-state index in [1.165, 1.54) is 30.6 Å². The maximum Gasteiger partial charge on any atom is 0.268 e. The molecule has 4 rings (SSSR count). The summed E-state index contributed by atoms with van der Waals surface area (Å²) >= 11 is 6.20. The molecule has 1 aliphatic rings. The standard InChI is InChI=1S/C27H35ClF3N7O4S/c1-16-19(15-37(34-16)11-6-7-17-13-26(2,3)32-14-17)43(40,41)36-23(39)18-8-9-20(33-22(18)28)38-12-10-21(35-38)42-25(31)27(4,5)24(29)30/h8-10,12,15,17,24-25,32H,6-7,11,13-14H2,1-5H3,(H,36,39). The third kappa shape index (κ3) is 7.68. The summed E-state index contributed by atoms with van der Waals surface area (Å²) in [5.41, 5.74) is -1.92. The van der Waals surface area contributed by atoms with E-state index in [4.69, 9.17) is 16.3 Å². The van der Waals surface area contributed by atoms with Crippen LogP contribution in [0.25, 0.3) is 5.82 Å². The van der Waals surface area contributed by atoms with Crippen molar-refractivity contribution in [2.24, 2.45) is 11.3 Å². The smallest absolute Gasteiger partial charge is 0.268 e. The van der Waals surface area contributed by atoms with Crippen molar-refractivity contribution >= 4 is 27.5 Å². The molecule has 0 radical (unpaired) electrons. The van der Waals surface area contributed by atoms with Crippen molar-refractivity contribution in [3.05, 3.63) is 47.0 Å². The number of alkyl halides is 3. The molecule has 4 heterocycles. The molecule has 1 aliphatic heterocycles. The summed E-state index contributed by atoms with van der Waals surface area (Å²) in [5.74, 6) is -0.652. The molecule has 1 fully saturated rings. The third-order valence-electron chi connectivity index (χ3n) is 7.34.